The number of aryl methyl sites for hydroxylation is 1. The van der Waals surface area contributed by atoms with Crippen molar-refractivity contribution >= 4 is 21.7 Å². The summed E-state index contributed by atoms with van der Waals surface area (Å²) < 4.78 is 82.1. The quantitative estimate of drug-likeness (QED) is 0.282. The number of sulfonamides is 1. The highest BCUT2D eigenvalue weighted by molar-refractivity contribution is 7.89. The number of aliphatic hydroxyl groups is 1. The maximum atomic E-state index is 14.3. The first kappa shape index (κ1) is 36.9. The van der Waals surface area contributed by atoms with Gasteiger partial charge in [0.2, 0.25) is 10.0 Å². The molecule has 3 saturated heterocycles. The molecule has 18 heteroatoms. The number of benzene rings is 1. The lowest BCUT2D eigenvalue weighted by Crippen LogP contribution is -2.62. The lowest BCUT2D eigenvalue weighted by Gasteiger charge is -2.55. The molecule has 6 rings (SSSR count). The molecule has 2 N–H and O–H groups in total. The second kappa shape index (κ2) is 14.7. The lowest BCUT2D eigenvalue weighted by atomic mass is 9.72. The van der Waals surface area contributed by atoms with E-state index in [1.165, 1.54) is 35.7 Å². The van der Waals surface area contributed by atoms with Crippen LogP contribution in [0.2, 0.25) is 0 Å². The number of nitrogens with one attached hydrogen (secondary N) is 1. The van der Waals surface area contributed by atoms with E-state index in [4.69, 9.17) is 9.47 Å². The van der Waals surface area contributed by atoms with Crippen molar-refractivity contribution in [2.75, 3.05) is 50.8 Å². The number of hydrogen-bond donors (Lipinski definition) is 2. The Morgan fingerprint density at radius 1 is 1.18 bits per heavy atom. The van der Waals surface area contributed by atoms with Crippen LogP contribution in [0.15, 0.2) is 48.0 Å². The minimum atomic E-state index is -3.75. The minimum Gasteiger partial charge on any atom is -0.451 e. The number of carbonyl (C=O) groups is 1. The van der Waals surface area contributed by atoms with Crippen molar-refractivity contribution in [3.63, 3.8) is 0 Å². The van der Waals surface area contributed by atoms with Crippen LogP contribution in [-0.2, 0) is 21.8 Å². The van der Waals surface area contributed by atoms with Crippen molar-refractivity contribution in [3.05, 3.63) is 54.5 Å². The first-order valence-electron chi connectivity index (χ1n) is 16.9. The Labute approximate surface area is 294 Å². The van der Waals surface area contributed by atoms with E-state index in [0.717, 1.165) is 43.0 Å². The summed E-state index contributed by atoms with van der Waals surface area (Å²) in [5, 5.41) is 15.1. The van der Waals surface area contributed by atoms with Gasteiger partial charge in [-0.25, -0.2) is 36.3 Å². The Morgan fingerprint density at radius 3 is 2.55 bits per heavy atom. The van der Waals surface area contributed by atoms with E-state index in [1.54, 1.807) is 20.9 Å². The van der Waals surface area contributed by atoms with Gasteiger partial charge in [-0.15, -0.1) is 0 Å². The Hall–Kier alpha value is -3.84. The number of β-amino-alcohol motifs (C(OH)–C–C–N with tert-alkyl or cyclic N) is 1. The van der Waals surface area contributed by atoms with Gasteiger partial charge in [-0.1, -0.05) is 0 Å². The standard InChI is InChI=1S/C33H43F3N8O6S/c1-22(2)44(16-29(35)36)31(45)26-12-23(34)4-5-27(26)50-28-14-37-21-38-30(28)43-18-32(19-43)8-10-42(11-9-32)20-33(46)7-6-24(17-49-33)40-51(47,48)25-13-39-41(3)15-25/h4-5,12-15,21-22,24,29,40,46H,6-11,16-20H2,1-3H3/t24-,33-/m1/s1. The summed E-state index contributed by atoms with van der Waals surface area (Å²) in [4.78, 5) is 27.1. The largest absolute Gasteiger partial charge is 0.451 e. The van der Waals surface area contributed by atoms with E-state index in [-0.39, 0.29) is 40.4 Å². The zero-order valence-electron chi connectivity index (χ0n) is 28.7. The number of piperidine rings is 1. The van der Waals surface area contributed by atoms with Crippen LogP contribution in [0.4, 0.5) is 19.0 Å². The molecule has 278 valence electrons. The fourth-order valence-electron chi connectivity index (χ4n) is 6.95. The van der Waals surface area contributed by atoms with Crippen molar-refractivity contribution in [1.29, 1.82) is 0 Å². The van der Waals surface area contributed by atoms with E-state index in [0.29, 0.717) is 31.9 Å². The van der Waals surface area contributed by atoms with Gasteiger partial charge < -0.3 is 24.4 Å². The predicted octanol–water partition coefficient (Wildman–Crippen LogP) is 3.01. The van der Waals surface area contributed by atoms with Gasteiger partial charge in [-0.05, 0) is 64.4 Å². The Balaban J connectivity index is 1.03. The molecule has 0 bridgehead atoms. The highest BCUT2D eigenvalue weighted by atomic mass is 32.2. The summed E-state index contributed by atoms with van der Waals surface area (Å²) in [5.41, 5.74) is -0.175. The fourth-order valence-corrected chi connectivity index (χ4v) is 8.18. The fraction of sp³-hybridized carbons (Fsp3) is 0.576. The molecule has 0 unspecified atom stereocenters. The molecule has 3 fully saturated rings. The Morgan fingerprint density at radius 2 is 1.92 bits per heavy atom. The minimum absolute atomic E-state index is 0.000923. The Kier molecular flexibility index (Phi) is 10.6. The smallest absolute Gasteiger partial charge is 0.258 e. The third-order valence-corrected chi connectivity index (χ3v) is 11.2. The van der Waals surface area contributed by atoms with E-state index in [2.05, 4.69) is 24.7 Å². The molecule has 14 nitrogen and oxygen atoms in total. The van der Waals surface area contributed by atoms with Gasteiger partial charge in [0, 0.05) is 50.3 Å². The number of rotatable bonds is 12. The summed E-state index contributed by atoms with van der Waals surface area (Å²) in [6.07, 6.45) is 5.20. The summed E-state index contributed by atoms with van der Waals surface area (Å²) in [7, 11) is -2.11. The molecule has 3 aliphatic heterocycles. The zero-order chi connectivity index (χ0) is 36.6. The van der Waals surface area contributed by atoms with Crippen LogP contribution in [0.25, 0.3) is 0 Å². The Bertz CT molecular complexity index is 1800. The van der Waals surface area contributed by atoms with Crippen LogP contribution in [0.3, 0.4) is 0 Å². The molecule has 5 heterocycles. The molecule has 3 aromatic rings. The summed E-state index contributed by atoms with van der Waals surface area (Å²) >= 11 is 0. The van der Waals surface area contributed by atoms with E-state index < -0.39 is 52.6 Å². The number of likely N-dealkylation sites (tertiary alicyclic amines) is 1. The number of ether oxygens (including phenoxy) is 2. The van der Waals surface area contributed by atoms with Crippen molar-refractivity contribution in [2.45, 2.75) is 68.7 Å². The van der Waals surface area contributed by atoms with Gasteiger partial charge in [0.25, 0.3) is 12.3 Å². The van der Waals surface area contributed by atoms with Crippen LogP contribution < -0.4 is 14.4 Å². The van der Waals surface area contributed by atoms with E-state index >= 15 is 0 Å². The SMILES string of the molecule is CC(C)N(CC(F)F)C(=O)c1cc(F)ccc1Oc1cncnc1N1CC2(CCN(C[C@@]3(O)CC[C@@H](NS(=O)(=O)c4cnn(C)c4)CO3)CC2)C1. The van der Waals surface area contributed by atoms with Gasteiger partial charge in [0.05, 0.1) is 37.7 Å². The van der Waals surface area contributed by atoms with E-state index in [1.807, 2.05) is 4.90 Å². The molecule has 51 heavy (non-hydrogen) atoms. The molecule has 1 spiro atoms. The van der Waals surface area contributed by atoms with Crippen LogP contribution in [0, 0.1) is 11.2 Å². The summed E-state index contributed by atoms with van der Waals surface area (Å²) in [6.45, 7) is 5.59. The van der Waals surface area contributed by atoms with Crippen molar-refractivity contribution in [2.24, 2.45) is 12.5 Å². The molecule has 3 aliphatic rings. The maximum absolute atomic E-state index is 14.3. The monoisotopic (exact) mass is 736 g/mol. The molecule has 2 aromatic heterocycles. The van der Waals surface area contributed by atoms with E-state index in [9.17, 15) is 31.5 Å². The number of nitrogens with zero attached hydrogens (tertiary/aromatic N) is 7. The molecule has 1 amide bonds. The van der Waals surface area contributed by atoms with Gasteiger partial charge in [0.15, 0.2) is 17.4 Å². The number of anilines is 1. The number of halogens is 3. The zero-order valence-corrected chi connectivity index (χ0v) is 29.5. The van der Waals surface area contributed by atoms with Crippen LogP contribution in [0.5, 0.6) is 11.5 Å². The molecule has 0 aliphatic carbocycles. The second-order valence-corrected chi connectivity index (χ2v) is 15.7. The predicted molar refractivity (Wildman–Crippen MR) is 178 cm³/mol. The van der Waals surface area contributed by atoms with Crippen molar-refractivity contribution < 1.29 is 41.0 Å². The first-order chi connectivity index (χ1) is 24.1. The number of carbonyl (C=O) groups excluding carboxylic acids is 1. The van der Waals surface area contributed by atoms with Gasteiger partial charge in [-0.3, -0.25) is 14.4 Å². The molecular weight excluding hydrogens is 693 g/mol. The highest BCUT2D eigenvalue weighted by Crippen LogP contribution is 2.45. The van der Waals surface area contributed by atoms with Crippen molar-refractivity contribution in [1.82, 2.24) is 34.3 Å². The number of aromatic nitrogens is 4. The summed E-state index contributed by atoms with van der Waals surface area (Å²) in [5.74, 6) is -2.13. The summed E-state index contributed by atoms with van der Waals surface area (Å²) in [6, 6.07) is 2.38. The molecule has 0 saturated carbocycles. The normalized spacial score (nSPS) is 22.4. The van der Waals surface area contributed by atoms with Crippen LogP contribution >= 0.6 is 0 Å². The topological polar surface area (TPSA) is 155 Å². The second-order valence-electron chi connectivity index (χ2n) is 14.0. The number of alkyl halides is 2. The van der Waals surface area contributed by atoms with Gasteiger partial charge in [-0.2, -0.15) is 5.10 Å². The van der Waals surface area contributed by atoms with Crippen LogP contribution in [0.1, 0.15) is 49.9 Å². The van der Waals surface area contributed by atoms with Gasteiger partial charge in [0.1, 0.15) is 22.8 Å². The third-order valence-electron chi connectivity index (χ3n) is 9.76. The number of amides is 1. The number of hydrogen-bond acceptors (Lipinski definition) is 11. The molecule has 0 radical (unpaired) electrons. The first-order valence-corrected chi connectivity index (χ1v) is 18.3. The average molecular weight is 737 g/mol. The van der Waals surface area contributed by atoms with Crippen molar-refractivity contribution in [3.8, 4) is 11.5 Å². The molecule has 1 aromatic carbocycles. The van der Waals surface area contributed by atoms with Crippen LogP contribution in [-0.4, -0.2) is 119 Å². The average Bonchev–Trinajstić information content (AvgIpc) is 3.52. The maximum Gasteiger partial charge on any atom is 0.258 e. The van der Waals surface area contributed by atoms with Gasteiger partial charge >= 0.3 is 0 Å². The lowest BCUT2D eigenvalue weighted by molar-refractivity contribution is -0.239. The third kappa shape index (κ3) is 8.46. The molecule has 2 atom stereocenters. The highest BCUT2D eigenvalue weighted by Gasteiger charge is 2.47. The molecular formula is C33H43F3N8O6S.